The summed E-state index contributed by atoms with van der Waals surface area (Å²) in [6.45, 7) is 10.6. The molecule has 0 unspecified atom stereocenters. The lowest BCUT2D eigenvalue weighted by Crippen LogP contribution is -2.35. The zero-order valence-corrected chi connectivity index (χ0v) is 11.9. The molecule has 2 rings (SSSR count). The van der Waals surface area contributed by atoms with E-state index in [0.29, 0.717) is 6.04 Å². The standard InChI is InChI=1S/C14H26N4/c1-4-18-12(3)14(11(2)16-18)10-17-8-6-5-7-13(15)9-17/h13H,4-10,15H2,1-3H3/t13-/m1/s1. The van der Waals surface area contributed by atoms with Crippen molar-refractivity contribution in [2.24, 2.45) is 5.73 Å². The minimum Gasteiger partial charge on any atom is -0.327 e. The fraction of sp³-hybridized carbons (Fsp3) is 0.786. The average molecular weight is 250 g/mol. The van der Waals surface area contributed by atoms with E-state index in [4.69, 9.17) is 5.73 Å². The fourth-order valence-corrected chi connectivity index (χ4v) is 2.89. The predicted molar refractivity (Wildman–Crippen MR) is 74.5 cm³/mol. The Morgan fingerprint density at radius 2 is 2.11 bits per heavy atom. The van der Waals surface area contributed by atoms with Crippen LogP contribution in [0.15, 0.2) is 0 Å². The largest absolute Gasteiger partial charge is 0.327 e. The molecular weight excluding hydrogens is 224 g/mol. The minimum absolute atomic E-state index is 0.342. The highest BCUT2D eigenvalue weighted by Crippen LogP contribution is 2.18. The van der Waals surface area contributed by atoms with E-state index >= 15 is 0 Å². The molecule has 0 aromatic carbocycles. The van der Waals surface area contributed by atoms with E-state index < -0.39 is 0 Å². The molecule has 0 amide bonds. The van der Waals surface area contributed by atoms with Gasteiger partial charge in [-0.1, -0.05) is 6.42 Å². The lowest BCUT2D eigenvalue weighted by molar-refractivity contribution is 0.264. The monoisotopic (exact) mass is 250 g/mol. The maximum absolute atomic E-state index is 6.12. The molecule has 1 aliphatic rings. The highest BCUT2D eigenvalue weighted by molar-refractivity contribution is 5.24. The Labute approximate surface area is 110 Å². The van der Waals surface area contributed by atoms with Gasteiger partial charge in [0.15, 0.2) is 0 Å². The van der Waals surface area contributed by atoms with Crippen LogP contribution < -0.4 is 5.73 Å². The second-order valence-electron chi connectivity index (χ2n) is 5.46. The van der Waals surface area contributed by atoms with Crippen molar-refractivity contribution < 1.29 is 0 Å². The van der Waals surface area contributed by atoms with Crippen LogP contribution in [0.2, 0.25) is 0 Å². The second-order valence-corrected chi connectivity index (χ2v) is 5.46. The molecule has 0 aliphatic carbocycles. The number of hydrogen-bond acceptors (Lipinski definition) is 3. The van der Waals surface area contributed by atoms with Crippen molar-refractivity contribution in [1.29, 1.82) is 0 Å². The van der Waals surface area contributed by atoms with Gasteiger partial charge in [-0.2, -0.15) is 5.10 Å². The van der Waals surface area contributed by atoms with E-state index in [1.807, 2.05) is 0 Å². The summed E-state index contributed by atoms with van der Waals surface area (Å²) >= 11 is 0. The molecule has 0 saturated carbocycles. The Morgan fingerprint density at radius 1 is 1.33 bits per heavy atom. The lowest BCUT2D eigenvalue weighted by Gasteiger charge is -2.22. The van der Waals surface area contributed by atoms with E-state index in [1.54, 1.807) is 0 Å². The smallest absolute Gasteiger partial charge is 0.0641 e. The van der Waals surface area contributed by atoms with Crippen molar-refractivity contribution in [2.75, 3.05) is 13.1 Å². The van der Waals surface area contributed by atoms with Crippen LogP contribution in [0.25, 0.3) is 0 Å². The number of nitrogens with two attached hydrogens (primary N) is 1. The number of rotatable bonds is 3. The molecule has 4 heteroatoms. The third-order valence-corrected chi connectivity index (χ3v) is 4.00. The second kappa shape index (κ2) is 5.85. The zero-order valence-electron chi connectivity index (χ0n) is 11.9. The van der Waals surface area contributed by atoms with Crippen molar-refractivity contribution in [3.05, 3.63) is 17.0 Å². The van der Waals surface area contributed by atoms with Crippen molar-refractivity contribution in [2.45, 2.75) is 59.2 Å². The van der Waals surface area contributed by atoms with Crippen molar-refractivity contribution >= 4 is 0 Å². The zero-order chi connectivity index (χ0) is 13.1. The third-order valence-electron chi connectivity index (χ3n) is 4.00. The number of aryl methyl sites for hydroxylation is 2. The van der Waals surface area contributed by atoms with Gasteiger partial charge in [0.1, 0.15) is 0 Å². The van der Waals surface area contributed by atoms with Gasteiger partial charge < -0.3 is 5.73 Å². The van der Waals surface area contributed by atoms with Crippen LogP contribution in [-0.2, 0) is 13.1 Å². The molecule has 1 aromatic rings. The van der Waals surface area contributed by atoms with Crippen LogP contribution in [-0.4, -0.2) is 33.8 Å². The molecule has 2 N–H and O–H groups in total. The van der Waals surface area contributed by atoms with Crippen LogP contribution in [0.5, 0.6) is 0 Å². The molecule has 1 atom stereocenters. The molecular formula is C14H26N4. The summed E-state index contributed by atoms with van der Waals surface area (Å²) in [5.41, 5.74) is 10.0. The van der Waals surface area contributed by atoms with Gasteiger partial charge in [-0.15, -0.1) is 0 Å². The molecule has 1 aliphatic heterocycles. The summed E-state index contributed by atoms with van der Waals surface area (Å²) in [6.07, 6.45) is 3.71. The Kier molecular flexibility index (Phi) is 4.40. The maximum atomic E-state index is 6.12. The van der Waals surface area contributed by atoms with Crippen LogP contribution in [0.1, 0.15) is 43.1 Å². The van der Waals surface area contributed by atoms with Crippen molar-refractivity contribution in [1.82, 2.24) is 14.7 Å². The summed E-state index contributed by atoms with van der Waals surface area (Å²) in [7, 11) is 0. The molecule has 4 nitrogen and oxygen atoms in total. The number of aromatic nitrogens is 2. The lowest BCUT2D eigenvalue weighted by atomic mass is 10.1. The minimum atomic E-state index is 0.342. The van der Waals surface area contributed by atoms with Crippen LogP contribution in [0.4, 0.5) is 0 Å². The van der Waals surface area contributed by atoms with E-state index in [-0.39, 0.29) is 0 Å². The molecule has 2 heterocycles. The number of likely N-dealkylation sites (tertiary alicyclic amines) is 1. The van der Waals surface area contributed by atoms with Gasteiger partial charge in [-0.25, -0.2) is 0 Å². The molecule has 0 radical (unpaired) electrons. The normalized spacial score (nSPS) is 22.1. The highest BCUT2D eigenvalue weighted by Gasteiger charge is 2.18. The summed E-state index contributed by atoms with van der Waals surface area (Å²) in [5, 5.41) is 4.60. The summed E-state index contributed by atoms with van der Waals surface area (Å²) < 4.78 is 2.10. The van der Waals surface area contributed by atoms with E-state index in [9.17, 15) is 0 Å². The Balaban J connectivity index is 2.10. The Bertz CT molecular complexity index is 397. The third kappa shape index (κ3) is 2.93. The fourth-order valence-electron chi connectivity index (χ4n) is 2.89. The first-order chi connectivity index (χ1) is 8.61. The van der Waals surface area contributed by atoms with E-state index in [2.05, 4.69) is 35.5 Å². The van der Waals surface area contributed by atoms with Gasteiger partial charge in [0.05, 0.1) is 5.69 Å². The molecule has 18 heavy (non-hydrogen) atoms. The average Bonchev–Trinajstić information content (AvgIpc) is 2.53. The predicted octanol–water partition coefficient (Wildman–Crippen LogP) is 1.83. The summed E-state index contributed by atoms with van der Waals surface area (Å²) in [5.74, 6) is 0. The first-order valence-corrected chi connectivity index (χ1v) is 7.12. The molecule has 1 aromatic heterocycles. The number of nitrogens with zero attached hydrogens (tertiary/aromatic N) is 3. The quantitative estimate of drug-likeness (QED) is 0.890. The first kappa shape index (κ1) is 13.6. The van der Waals surface area contributed by atoms with Gasteiger partial charge in [-0.3, -0.25) is 9.58 Å². The first-order valence-electron chi connectivity index (χ1n) is 7.12. The highest BCUT2D eigenvalue weighted by atomic mass is 15.3. The van der Waals surface area contributed by atoms with Gasteiger partial charge in [0.25, 0.3) is 0 Å². The van der Waals surface area contributed by atoms with E-state index in [0.717, 1.165) is 19.6 Å². The molecule has 1 fully saturated rings. The Hall–Kier alpha value is -0.870. The van der Waals surface area contributed by atoms with Gasteiger partial charge in [0.2, 0.25) is 0 Å². The van der Waals surface area contributed by atoms with Gasteiger partial charge in [-0.05, 0) is 40.2 Å². The number of hydrogen-bond donors (Lipinski definition) is 1. The topological polar surface area (TPSA) is 47.1 Å². The van der Waals surface area contributed by atoms with Gasteiger partial charge in [0, 0.05) is 36.9 Å². The van der Waals surface area contributed by atoms with Gasteiger partial charge >= 0.3 is 0 Å². The van der Waals surface area contributed by atoms with E-state index in [1.165, 1.54) is 42.8 Å². The summed E-state index contributed by atoms with van der Waals surface area (Å²) in [4.78, 5) is 2.49. The summed E-state index contributed by atoms with van der Waals surface area (Å²) in [6, 6.07) is 0.342. The van der Waals surface area contributed by atoms with Crippen LogP contribution >= 0.6 is 0 Å². The van der Waals surface area contributed by atoms with Crippen molar-refractivity contribution in [3.63, 3.8) is 0 Å². The SMILES string of the molecule is CCn1nc(C)c(CN2CCCC[C@@H](N)C2)c1C. The molecule has 0 bridgehead atoms. The Morgan fingerprint density at radius 3 is 2.78 bits per heavy atom. The van der Waals surface area contributed by atoms with Crippen molar-refractivity contribution in [3.8, 4) is 0 Å². The molecule has 102 valence electrons. The maximum Gasteiger partial charge on any atom is 0.0641 e. The molecule has 1 saturated heterocycles. The van der Waals surface area contributed by atoms with Crippen LogP contribution in [0.3, 0.4) is 0 Å². The van der Waals surface area contributed by atoms with Crippen LogP contribution in [0, 0.1) is 13.8 Å². The molecule has 0 spiro atoms.